The summed E-state index contributed by atoms with van der Waals surface area (Å²) in [7, 11) is 0. The molecule has 1 unspecified atom stereocenters. The smallest absolute Gasteiger partial charge is 0.342 e. The Balaban J connectivity index is 2.45. The summed E-state index contributed by atoms with van der Waals surface area (Å²) in [6.07, 6.45) is -0.798. The van der Waals surface area contributed by atoms with E-state index in [0.717, 1.165) is 0 Å². The number of esters is 1. The highest BCUT2D eigenvalue weighted by atomic mass is 16.6. The molecule has 1 aliphatic heterocycles. The largest absolute Gasteiger partial charge is 0.460 e. The van der Waals surface area contributed by atoms with Crippen molar-refractivity contribution in [3.63, 3.8) is 0 Å². The Morgan fingerprint density at radius 2 is 2.25 bits per heavy atom. The molecule has 0 saturated heterocycles. The van der Waals surface area contributed by atoms with Gasteiger partial charge in [-0.1, -0.05) is 12.1 Å². The summed E-state index contributed by atoms with van der Waals surface area (Å²) in [5, 5.41) is 18.3. The number of benzene rings is 1. The minimum absolute atomic E-state index is 0.0506. The fourth-order valence-corrected chi connectivity index (χ4v) is 1.60. The van der Waals surface area contributed by atoms with Crippen LogP contribution in [0.1, 0.15) is 15.9 Å². The fourth-order valence-electron chi connectivity index (χ4n) is 1.60. The van der Waals surface area contributed by atoms with Crippen molar-refractivity contribution in [1.29, 1.82) is 0 Å². The standard InChI is InChI=1S/C11H12O5/c12-5-4-7-2-1-3-8-10(7)16-9(13)6-15-11(8)14/h1-3,9,12-13H,4-6H2. The van der Waals surface area contributed by atoms with Gasteiger partial charge in [0.05, 0.1) is 0 Å². The highest BCUT2D eigenvalue weighted by Gasteiger charge is 2.24. The highest BCUT2D eigenvalue weighted by Crippen LogP contribution is 2.28. The van der Waals surface area contributed by atoms with Crippen molar-refractivity contribution < 1.29 is 24.5 Å². The third-order valence-electron chi connectivity index (χ3n) is 2.31. The van der Waals surface area contributed by atoms with Gasteiger partial charge in [-0.15, -0.1) is 0 Å². The van der Waals surface area contributed by atoms with Crippen molar-refractivity contribution in [2.75, 3.05) is 13.2 Å². The fraction of sp³-hybridized carbons (Fsp3) is 0.364. The summed E-state index contributed by atoms with van der Waals surface area (Å²) in [6.45, 7) is -0.239. The van der Waals surface area contributed by atoms with Gasteiger partial charge in [-0.05, 0) is 18.1 Å². The average Bonchev–Trinajstić information content (AvgIpc) is 2.41. The Hall–Kier alpha value is -1.59. The Bertz CT molecular complexity index is 401. The molecule has 0 spiro atoms. The van der Waals surface area contributed by atoms with Gasteiger partial charge in [-0.25, -0.2) is 4.79 Å². The molecule has 0 radical (unpaired) electrons. The molecule has 1 heterocycles. The van der Waals surface area contributed by atoms with Crippen LogP contribution in [0, 0.1) is 0 Å². The molecular formula is C11H12O5. The summed E-state index contributed by atoms with van der Waals surface area (Å²) in [5.74, 6) is -0.224. The molecule has 0 bridgehead atoms. The van der Waals surface area contributed by atoms with Gasteiger partial charge in [-0.3, -0.25) is 0 Å². The molecular weight excluding hydrogens is 212 g/mol. The molecule has 0 fully saturated rings. The molecule has 1 aromatic carbocycles. The first kappa shape index (κ1) is 10.9. The lowest BCUT2D eigenvalue weighted by Crippen LogP contribution is -2.21. The van der Waals surface area contributed by atoms with E-state index in [1.807, 2.05) is 0 Å². The summed E-state index contributed by atoms with van der Waals surface area (Å²) in [5.41, 5.74) is 0.959. The van der Waals surface area contributed by atoms with Crippen molar-refractivity contribution in [1.82, 2.24) is 0 Å². The number of ether oxygens (including phenoxy) is 2. The van der Waals surface area contributed by atoms with Gasteiger partial charge in [0.15, 0.2) is 6.61 Å². The number of aliphatic hydroxyl groups is 2. The predicted molar refractivity (Wildman–Crippen MR) is 54.1 cm³/mol. The number of para-hydroxylation sites is 1. The number of carbonyl (C=O) groups is 1. The zero-order valence-corrected chi connectivity index (χ0v) is 8.55. The van der Waals surface area contributed by atoms with E-state index in [4.69, 9.17) is 14.6 Å². The van der Waals surface area contributed by atoms with E-state index in [-0.39, 0.29) is 18.8 Å². The monoisotopic (exact) mass is 224 g/mol. The molecule has 1 aromatic rings. The topological polar surface area (TPSA) is 76.0 Å². The Kier molecular flexibility index (Phi) is 3.07. The average molecular weight is 224 g/mol. The van der Waals surface area contributed by atoms with Gasteiger partial charge < -0.3 is 19.7 Å². The highest BCUT2D eigenvalue weighted by molar-refractivity contribution is 5.93. The third-order valence-corrected chi connectivity index (χ3v) is 2.31. The first-order chi connectivity index (χ1) is 7.72. The van der Waals surface area contributed by atoms with Crippen LogP contribution in [0.4, 0.5) is 0 Å². The molecule has 0 aliphatic carbocycles. The van der Waals surface area contributed by atoms with E-state index in [1.165, 1.54) is 0 Å². The molecule has 16 heavy (non-hydrogen) atoms. The van der Waals surface area contributed by atoms with Crippen LogP contribution in [0.5, 0.6) is 5.75 Å². The van der Waals surface area contributed by atoms with Gasteiger partial charge in [0.2, 0.25) is 6.29 Å². The number of hydrogen-bond acceptors (Lipinski definition) is 5. The second kappa shape index (κ2) is 4.51. The van der Waals surface area contributed by atoms with Crippen molar-refractivity contribution in [3.8, 4) is 5.75 Å². The minimum Gasteiger partial charge on any atom is -0.460 e. The first-order valence-electron chi connectivity index (χ1n) is 4.97. The maximum atomic E-state index is 11.5. The number of aliphatic hydroxyl groups excluding tert-OH is 2. The number of rotatable bonds is 2. The molecule has 2 N–H and O–H groups in total. The van der Waals surface area contributed by atoms with Crippen molar-refractivity contribution >= 4 is 5.97 Å². The SMILES string of the molecule is O=C1OCC(O)Oc2c(CCO)cccc21. The van der Waals surface area contributed by atoms with Crippen LogP contribution in [0.3, 0.4) is 0 Å². The van der Waals surface area contributed by atoms with Crippen LogP contribution in [0.2, 0.25) is 0 Å². The molecule has 5 heteroatoms. The predicted octanol–water partition coefficient (Wildman–Crippen LogP) is 0.0890. The van der Waals surface area contributed by atoms with E-state index in [1.54, 1.807) is 18.2 Å². The van der Waals surface area contributed by atoms with Crippen LogP contribution in [0.25, 0.3) is 0 Å². The minimum atomic E-state index is -1.16. The summed E-state index contributed by atoms with van der Waals surface area (Å²) >= 11 is 0. The number of carbonyl (C=O) groups excluding carboxylic acids is 1. The second-order valence-corrected chi connectivity index (χ2v) is 3.44. The van der Waals surface area contributed by atoms with E-state index in [2.05, 4.69) is 0 Å². The maximum Gasteiger partial charge on any atom is 0.342 e. The molecule has 5 nitrogen and oxygen atoms in total. The lowest BCUT2D eigenvalue weighted by Gasteiger charge is -2.13. The van der Waals surface area contributed by atoms with Gasteiger partial charge >= 0.3 is 5.97 Å². The molecule has 2 rings (SSSR count). The molecule has 1 atom stereocenters. The second-order valence-electron chi connectivity index (χ2n) is 3.44. The van der Waals surface area contributed by atoms with Gasteiger partial charge in [0.1, 0.15) is 11.3 Å². The van der Waals surface area contributed by atoms with E-state index >= 15 is 0 Å². The van der Waals surface area contributed by atoms with Crippen LogP contribution in [-0.2, 0) is 11.2 Å². The molecule has 1 aliphatic rings. The van der Waals surface area contributed by atoms with E-state index < -0.39 is 12.3 Å². The lowest BCUT2D eigenvalue weighted by molar-refractivity contribution is -0.0566. The zero-order valence-electron chi connectivity index (χ0n) is 8.55. The quantitative estimate of drug-likeness (QED) is 0.696. The van der Waals surface area contributed by atoms with Crippen LogP contribution in [-0.4, -0.2) is 35.7 Å². The van der Waals surface area contributed by atoms with Gasteiger partial charge in [-0.2, -0.15) is 0 Å². The Morgan fingerprint density at radius 3 is 3.00 bits per heavy atom. The summed E-state index contributed by atoms with van der Waals surface area (Å²) in [4.78, 5) is 11.5. The van der Waals surface area contributed by atoms with Crippen molar-refractivity contribution in [2.45, 2.75) is 12.7 Å². The number of hydrogen-bond donors (Lipinski definition) is 2. The maximum absolute atomic E-state index is 11.5. The van der Waals surface area contributed by atoms with E-state index in [0.29, 0.717) is 17.7 Å². The van der Waals surface area contributed by atoms with E-state index in [9.17, 15) is 9.90 Å². The molecule has 0 aromatic heterocycles. The van der Waals surface area contributed by atoms with Gasteiger partial charge in [0, 0.05) is 6.61 Å². The normalized spacial score (nSPS) is 19.4. The zero-order chi connectivity index (χ0) is 11.5. The summed E-state index contributed by atoms with van der Waals surface area (Å²) in [6, 6.07) is 4.99. The Morgan fingerprint density at radius 1 is 1.44 bits per heavy atom. The number of cyclic esters (lactones) is 1. The molecule has 0 amide bonds. The van der Waals surface area contributed by atoms with Crippen molar-refractivity contribution in [2.24, 2.45) is 0 Å². The lowest BCUT2D eigenvalue weighted by atomic mass is 10.1. The van der Waals surface area contributed by atoms with Crippen molar-refractivity contribution in [3.05, 3.63) is 29.3 Å². The summed E-state index contributed by atoms with van der Waals surface area (Å²) < 4.78 is 10.0. The number of fused-ring (bicyclic) bond motifs is 1. The third kappa shape index (κ3) is 2.00. The first-order valence-corrected chi connectivity index (χ1v) is 4.97. The molecule has 86 valence electrons. The van der Waals surface area contributed by atoms with Gasteiger partial charge in [0.25, 0.3) is 0 Å². The van der Waals surface area contributed by atoms with Crippen LogP contribution >= 0.6 is 0 Å². The van der Waals surface area contributed by atoms with Crippen LogP contribution in [0.15, 0.2) is 18.2 Å². The Labute approximate surface area is 92.2 Å². The molecule has 0 saturated carbocycles. The van der Waals surface area contributed by atoms with Crippen LogP contribution < -0.4 is 4.74 Å².